The van der Waals surface area contributed by atoms with E-state index >= 15 is 0 Å². The highest BCUT2D eigenvalue weighted by Crippen LogP contribution is 2.49. The summed E-state index contributed by atoms with van der Waals surface area (Å²) in [6.45, 7) is 4.94. The van der Waals surface area contributed by atoms with Crippen molar-refractivity contribution in [3.05, 3.63) is 58.8 Å². The van der Waals surface area contributed by atoms with E-state index in [-0.39, 0.29) is 60.9 Å². The van der Waals surface area contributed by atoms with E-state index in [2.05, 4.69) is 20.3 Å². The molecule has 7 rings (SSSR count). The van der Waals surface area contributed by atoms with Crippen molar-refractivity contribution in [3.63, 3.8) is 0 Å². The molecule has 4 amide bonds. The zero-order valence-electron chi connectivity index (χ0n) is 32.4. The fourth-order valence-corrected chi connectivity index (χ4v) is 9.59. The average molecular weight is 850 g/mol. The Hall–Kier alpha value is -4.38. The number of alkyl carbamates (subject to hydrolysis) is 1. The Balaban J connectivity index is 1.28. The lowest BCUT2D eigenvalue weighted by Crippen LogP contribution is -2.67. The highest BCUT2D eigenvalue weighted by Gasteiger charge is 2.58. The molecule has 0 radical (unpaired) electrons. The maximum absolute atomic E-state index is 14.7. The van der Waals surface area contributed by atoms with E-state index in [9.17, 15) is 40.8 Å². The van der Waals surface area contributed by atoms with Crippen LogP contribution in [0.4, 0.5) is 18.0 Å². The lowest BCUT2D eigenvalue weighted by molar-refractivity contribution is -0.144. The smallest absolute Gasteiger partial charge is 0.437 e. The Morgan fingerprint density at radius 2 is 1.90 bits per heavy atom. The molecule has 3 N–H and O–H groups in total. The van der Waals surface area contributed by atoms with Crippen LogP contribution < -0.4 is 20.1 Å². The lowest BCUT2D eigenvalue weighted by Gasteiger charge is -2.42. The predicted molar refractivity (Wildman–Crippen MR) is 207 cm³/mol. The number of rotatable bonds is 6. The summed E-state index contributed by atoms with van der Waals surface area (Å²) in [5, 5.41) is 6.06. The summed E-state index contributed by atoms with van der Waals surface area (Å²) in [7, 11) is -4.14. The zero-order chi connectivity index (χ0) is 41.8. The summed E-state index contributed by atoms with van der Waals surface area (Å²) < 4.78 is 83.3. The number of aryl methyl sites for hydroxylation is 1. The maximum Gasteiger partial charge on any atom is 0.437 e. The van der Waals surface area contributed by atoms with Crippen LogP contribution in [0.1, 0.15) is 89.8 Å². The fraction of sp³-hybridized carbons (Fsp3) is 0.575. The third-order valence-corrected chi connectivity index (χ3v) is 14.3. The minimum absolute atomic E-state index is 0.000490. The van der Waals surface area contributed by atoms with E-state index in [4.69, 9.17) is 21.1 Å². The number of benzene rings is 1. The number of sulfonamides is 1. The second-order valence-electron chi connectivity index (χ2n) is 16.8. The summed E-state index contributed by atoms with van der Waals surface area (Å²) in [6.07, 6.45) is 3.97. The van der Waals surface area contributed by atoms with Crippen LogP contribution in [-0.2, 0) is 41.7 Å². The van der Waals surface area contributed by atoms with Gasteiger partial charge in [0.1, 0.15) is 23.2 Å². The molecule has 18 heteroatoms. The monoisotopic (exact) mass is 849 g/mol. The Morgan fingerprint density at radius 3 is 2.57 bits per heavy atom. The number of hydrogen-bond acceptors (Lipinski definition) is 9. The molecule has 5 atom stereocenters. The van der Waals surface area contributed by atoms with Gasteiger partial charge < -0.3 is 25.0 Å². The Kier molecular flexibility index (Phi) is 11.0. The number of amides is 4. The van der Waals surface area contributed by atoms with Gasteiger partial charge in [0, 0.05) is 28.3 Å². The van der Waals surface area contributed by atoms with Gasteiger partial charge >= 0.3 is 12.3 Å². The molecule has 2 aliphatic carbocycles. The SMILES string of the molecule is CC(C)COC(=O)N[C@H]1CCCCC/C=C\[C@@H]2C=C[C@@]2(C(=O)NS(=O)(=O)C2(C)CC2)NC(=O)[C@@H]2C[C@]3(CCc4c(c(C(F)(F)F)nc5ccc(Cl)cc45)O3)CN2C1=O. The lowest BCUT2D eigenvalue weighted by atomic mass is 9.73. The molecule has 0 unspecified atom stereocenters. The molecule has 1 saturated heterocycles. The number of ether oxygens (including phenoxy) is 2. The molecular formula is C40H47ClF3N5O8S. The van der Waals surface area contributed by atoms with Crippen LogP contribution in [0.3, 0.4) is 0 Å². The van der Waals surface area contributed by atoms with Crippen molar-refractivity contribution in [2.75, 3.05) is 13.2 Å². The number of nitrogens with zero attached hydrogens (tertiary/aromatic N) is 2. The number of hydrogen-bond donors (Lipinski definition) is 3. The first kappa shape index (κ1) is 41.8. The molecule has 4 heterocycles. The molecule has 2 aromatic rings. The first-order valence-corrected chi connectivity index (χ1v) is 21.5. The average Bonchev–Trinajstić information content (AvgIpc) is 3.81. The van der Waals surface area contributed by atoms with Crippen LogP contribution in [0.5, 0.6) is 5.75 Å². The largest absolute Gasteiger partial charge is 0.483 e. The number of allylic oxidation sites excluding steroid dienone is 1. The fourth-order valence-electron chi connectivity index (χ4n) is 8.12. The first-order valence-electron chi connectivity index (χ1n) is 19.6. The van der Waals surface area contributed by atoms with Crippen molar-refractivity contribution < 1.29 is 50.2 Å². The van der Waals surface area contributed by atoms with Gasteiger partial charge in [0.15, 0.2) is 11.4 Å². The molecule has 1 aromatic heterocycles. The molecule has 3 aliphatic heterocycles. The number of alkyl halides is 3. The van der Waals surface area contributed by atoms with Gasteiger partial charge in [-0.3, -0.25) is 19.1 Å². The van der Waals surface area contributed by atoms with E-state index in [1.807, 2.05) is 19.9 Å². The van der Waals surface area contributed by atoms with E-state index in [0.29, 0.717) is 43.9 Å². The van der Waals surface area contributed by atoms with E-state index in [1.165, 1.54) is 36.1 Å². The maximum atomic E-state index is 14.7. The number of carbonyl (C=O) groups excluding carboxylic acids is 4. The van der Waals surface area contributed by atoms with Crippen molar-refractivity contribution >= 4 is 56.3 Å². The van der Waals surface area contributed by atoms with Gasteiger partial charge in [-0.25, -0.2) is 18.2 Å². The quantitative estimate of drug-likeness (QED) is 0.300. The predicted octanol–water partition coefficient (Wildman–Crippen LogP) is 5.88. The number of pyridine rings is 1. The van der Waals surface area contributed by atoms with E-state index in [1.54, 1.807) is 12.2 Å². The number of aromatic nitrogens is 1. The molecule has 0 bridgehead atoms. The summed E-state index contributed by atoms with van der Waals surface area (Å²) in [6, 6.07) is 1.74. The van der Waals surface area contributed by atoms with Gasteiger partial charge in [-0.15, -0.1) is 0 Å². The van der Waals surface area contributed by atoms with Gasteiger partial charge in [-0.1, -0.05) is 62.6 Å². The Morgan fingerprint density at radius 1 is 1.14 bits per heavy atom. The number of fused-ring (bicyclic) bond motifs is 5. The second kappa shape index (κ2) is 15.3. The Labute approximate surface area is 339 Å². The van der Waals surface area contributed by atoms with Crippen molar-refractivity contribution in [3.8, 4) is 5.75 Å². The summed E-state index contributed by atoms with van der Waals surface area (Å²) >= 11 is 6.25. The zero-order valence-corrected chi connectivity index (χ0v) is 34.0. The van der Waals surface area contributed by atoms with Gasteiger partial charge in [0.25, 0.3) is 5.91 Å². The van der Waals surface area contributed by atoms with Crippen molar-refractivity contribution in [1.29, 1.82) is 0 Å². The second-order valence-corrected chi connectivity index (χ2v) is 19.4. The van der Waals surface area contributed by atoms with Crippen LogP contribution in [0.2, 0.25) is 5.02 Å². The molecule has 13 nitrogen and oxygen atoms in total. The normalized spacial score (nSPS) is 28.8. The number of halogens is 4. The summed E-state index contributed by atoms with van der Waals surface area (Å²) in [5.41, 5.74) is -4.38. The van der Waals surface area contributed by atoms with Crippen molar-refractivity contribution in [2.24, 2.45) is 11.8 Å². The highest BCUT2D eigenvalue weighted by atomic mass is 35.5. The first-order chi connectivity index (χ1) is 27.3. The van der Waals surface area contributed by atoms with Gasteiger partial charge in [-0.2, -0.15) is 13.2 Å². The highest BCUT2D eigenvalue weighted by molar-refractivity contribution is 7.91. The molecule has 1 spiro atoms. The van der Waals surface area contributed by atoms with Crippen LogP contribution in [0.25, 0.3) is 10.9 Å². The Bertz CT molecular complexity index is 2200. The summed E-state index contributed by atoms with van der Waals surface area (Å²) in [4.78, 5) is 61.6. The van der Waals surface area contributed by atoms with Crippen LogP contribution in [-0.4, -0.2) is 83.2 Å². The molecule has 58 heavy (non-hydrogen) atoms. The third-order valence-electron chi connectivity index (χ3n) is 11.9. The van der Waals surface area contributed by atoms with Gasteiger partial charge in [0.05, 0.1) is 23.4 Å². The molecule has 1 aromatic carbocycles. The molecular weight excluding hydrogens is 803 g/mol. The third kappa shape index (κ3) is 8.00. The van der Waals surface area contributed by atoms with Crippen LogP contribution >= 0.6 is 11.6 Å². The molecule has 1 saturated carbocycles. The van der Waals surface area contributed by atoms with E-state index < -0.39 is 85.3 Å². The minimum Gasteiger partial charge on any atom is -0.483 e. The topological polar surface area (TPSA) is 173 Å². The standard InChI is InChI=1S/C40H47ClF3N5O8S/c1-23(2)21-56-36(53)46-29-10-8-6-4-5-7-9-24-13-16-39(24,35(52)48-58(54,55)37(3)17-18-37)47-33(50)30-20-38(22-49(30)34(29)51)15-14-26-27-19-25(41)11-12-28(27)45-32(31(26)57-38)40(42,43)44/h7,9,11-13,16,19,23-24,29-30H,4-6,8,10,14-15,17-18,20-22H2,1-3H3,(H,46,53)(H,47,50)(H,48,52)/b9-7-/t24-,29+,30+,38-,39-/m1/s1. The van der Waals surface area contributed by atoms with Crippen molar-refractivity contribution in [1.82, 2.24) is 25.2 Å². The van der Waals surface area contributed by atoms with Crippen LogP contribution in [0.15, 0.2) is 42.5 Å². The molecule has 5 aliphatic rings. The molecule has 314 valence electrons. The van der Waals surface area contributed by atoms with E-state index in [0.717, 1.165) is 0 Å². The minimum atomic E-state index is -4.94. The molecule has 2 fully saturated rings. The van der Waals surface area contributed by atoms with Gasteiger partial charge in [-0.05, 0) is 76.0 Å². The number of carbonyl (C=O) groups is 4. The number of nitrogens with one attached hydrogen (secondary N) is 3. The van der Waals surface area contributed by atoms with Crippen LogP contribution in [0, 0.1) is 11.8 Å². The van der Waals surface area contributed by atoms with Crippen molar-refractivity contribution in [2.45, 2.75) is 119 Å². The summed E-state index contributed by atoms with van der Waals surface area (Å²) in [5.74, 6) is -3.82. The van der Waals surface area contributed by atoms with Gasteiger partial charge in [0.2, 0.25) is 21.8 Å².